The lowest BCUT2D eigenvalue weighted by Crippen LogP contribution is -2.29. The minimum Gasteiger partial charge on any atom is -0.507 e. The van der Waals surface area contributed by atoms with Crippen molar-refractivity contribution in [2.75, 3.05) is 11.5 Å². The van der Waals surface area contributed by atoms with Gasteiger partial charge in [-0.2, -0.15) is 0 Å². The van der Waals surface area contributed by atoms with Crippen LogP contribution in [0.4, 0.5) is 10.8 Å². The number of nitro groups is 1. The fourth-order valence-corrected chi connectivity index (χ4v) is 5.71. The second-order valence-corrected chi connectivity index (χ2v) is 10.1. The lowest BCUT2D eigenvalue weighted by atomic mass is 9.94. The van der Waals surface area contributed by atoms with Gasteiger partial charge in [-0.25, -0.2) is 9.78 Å². The number of ketones is 1. The number of Topliss-reactive ketones (excluding diaryl/α,β-unsaturated/α-hetero) is 1. The molecule has 0 spiro atoms. The third kappa shape index (κ3) is 4.52. The van der Waals surface area contributed by atoms with Gasteiger partial charge in [-0.1, -0.05) is 11.3 Å². The molecule has 0 saturated carbocycles. The number of nitro benzene ring substituents is 1. The molecule has 0 radical (unpaired) electrons. The Kier molecular flexibility index (Phi) is 6.64. The minimum atomic E-state index is -1.16. The van der Waals surface area contributed by atoms with Crippen LogP contribution < -0.4 is 9.64 Å². The average Bonchev–Trinajstić information content (AvgIpc) is 3.55. The molecule has 11 nitrogen and oxygen atoms in total. The fourth-order valence-electron chi connectivity index (χ4n) is 4.72. The maximum atomic E-state index is 13.4. The van der Waals surface area contributed by atoms with Gasteiger partial charge in [0.2, 0.25) is 0 Å². The number of non-ortho nitro benzene ring substituents is 1. The lowest BCUT2D eigenvalue weighted by molar-refractivity contribution is -0.384. The molecule has 3 heterocycles. The number of carbonyl (C=O) groups is 3. The normalized spacial score (nSPS) is 19.6. The number of aryl methyl sites for hydroxylation is 1. The van der Waals surface area contributed by atoms with Crippen LogP contribution in [-0.2, 0) is 20.7 Å². The molecule has 1 saturated heterocycles. The lowest BCUT2D eigenvalue weighted by Gasteiger charge is -2.23. The number of fused-ring (bicyclic) bond motifs is 1. The third-order valence-electron chi connectivity index (χ3n) is 6.49. The maximum Gasteiger partial charge on any atom is 0.350 e. The van der Waals surface area contributed by atoms with Crippen molar-refractivity contribution in [2.45, 2.75) is 39.3 Å². The third-order valence-corrected chi connectivity index (χ3v) is 7.62. The van der Waals surface area contributed by atoms with Crippen molar-refractivity contribution in [2.24, 2.45) is 0 Å². The Hall–Kier alpha value is -4.58. The number of hydrogen-bond acceptors (Lipinski definition) is 10. The molecule has 1 fully saturated rings. The summed E-state index contributed by atoms with van der Waals surface area (Å²) in [6.45, 7) is 5.30. The van der Waals surface area contributed by atoms with Crippen molar-refractivity contribution in [3.05, 3.63) is 85.4 Å². The number of amides is 1. The number of anilines is 1. The van der Waals surface area contributed by atoms with Crippen molar-refractivity contribution in [3.8, 4) is 5.75 Å². The molecule has 2 aliphatic rings. The van der Waals surface area contributed by atoms with E-state index in [2.05, 4.69) is 4.98 Å². The summed E-state index contributed by atoms with van der Waals surface area (Å²) in [6.07, 6.45) is 0.579. The molecule has 1 aromatic heterocycles. The summed E-state index contributed by atoms with van der Waals surface area (Å²) in [5, 5.41) is 22.7. The highest BCUT2D eigenvalue weighted by atomic mass is 32.1. The van der Waals surface area contributed by atoms with Crippen molar-refractivity contribution in [1.82, 2.24) is 4.98 Å². The van der Waals surface area contributed by atoms with Gasteiger partial charge in [0, 0.05) is 24.1 Å². The number of ether oxygens (including phenoxy) is 2. The number of rotatable bonds is 6. The molecule has 1 N–H and O–H groups in total. The molecule has 2 unspecified atom stereocenters. The van der Waals surface area contributed by atoms with Crippen LogP contribution in [0, 0.1) is 17.0 Å². The minimum absolute atomic E-state index is 0.0372. The Morgan fingerprint density at radius 2 is 1.97 bits per heavy atom. The van der Waals surface area contributed by atoms with E-state index in [9.17, 15) is 29.6 Å². The van der Waals surface area contributed by atoms with Crippen LogP contribution in [0.2, 0.25) is 0 Å². The monoisotopic (exact) mass is 549 g/mol. The summed E-state index contributed by atoms with van der Waals surface area (Å²) < 4.78 is 10.8. The van der Waals surface area contributed by atoms with Gasteiger partial charge in [0.25, 0.3) is 11.5 Å². The molecule has 2 aliphatic heterocycles. The fraction of sp³-hybridized carbons (Fsp3) is 0.259. The van der Waals surface area contributed by atoms with Crippen LogP contribution in [-0.4, -0.2) is 45.4 Å². The number of nitrogens with zero attached hydrogens (tertiary/aromatic N) is 3. The number of aromatic nitrogens is 1. The molecule has 5 rings (SSSR count). The van der Waals surface area contributed by atoms with Gasteiger partial charge in [-0.15, -0.1) is 0 Å². The number of aliphatic hydroxyl groups is 1. The highest BCUT2D eigenvalue weighted by Gasteiger charge is 2.48. The smallest absolute Gasteiger partial charge is 0.350 e. The SMILES string of the molecule is CCOC(=O)c1sc(N2C(=O)C(=O)C(=C(O)c3ccc4c(c3)CC(C)O4)C2c2ccc([N+](=O)[O-])cc2)nc1C. The van der Waals surface area contributed by atoms with E-state index in [0.717, 1.165) is 21.8 Å². The Balaban J connectivity index is 1.67. The zero-order valence-electron chi connectivity index (χ0n) is 21.2. The molecule has 2 atom stereocenters. The number of hydrogen-bond donors (Lipinski definition) is 1. The molecule has 3 aromatic rings. The van der Waals surface area contributed by atoms with Crippen molar-refractivity contribution >= 4 is 45.6 Å². The van der Waals surface area contributed by atoms with Gasteiger partial charge in [0.1, 0.15) is 22.5 Å². The van der Waals surface area contributed by atoms with Crippen LogP contribution in [0.1, 0.15) is 51.9 Å². The van der Waals surface area contributed by atoms with E-state index in [1.54, 1.807) is 32.0 Å². The van der Waals surface area contributed by atoms with Gasteiger partial charge in [-0.3, -0.25) is 24.6 Å². The number of benzene rings is 2. The Morgan fingerprint density at radius 3 is 2.64 bits per heavy atom. The van der Waals surface area contributed by atoms with E-state index in [0.29, 0.717) is 29.0 Å². The van der Waals surface area contributed by atoms with Crippen LogP contribution in [0.25, 0.3) is 5.76 Å². The molecule has 2 aromatic carbocycles. The molecular formula is C27H23N3O8S. The second kappa shape index (κ2) is 9.95. The van der Waals surface area contributed by atoms with Gasteiger partial charge >= 0.3 is 11.9 Å². The zero-order chi connectivity index (χ0) is 28.0. The number of aliphatic hydroxyl groups excluding tert-OH is 1. The number of esters is 1. The highest BCUT2D eigenvalue weighted by molar-refractivity contribution is 7.17. The van der Waals surface area contributed by atoms with E-state index < -0.39 is 34.4 Å². The summed E-state index contributed by atoms with van der Waals surface area (Å²) in [5.74, 6) is -2.25. The average molecular weight is 550 g/mol. The van der Waals surface area contributed by atoms with Gasteiger partial charge < -0.3 is 14.6 Å². The first kappa shape index (κ1) is 26.0. The highest BCUT2D eigenvalue weighted by Crippen LogP contribution is 2.44. The van der Waals surface area contributed by atoms with Gasteiger partial charge in [0.15, 0.2) is 5.13 Å². The first-order chi connectivity index (χ1) is 18.6. The number of thiazole rings is 1. The second-order valence-electron chi connectivity index (χ2n) is 9.10. The summed E-state index contributed by atoms with van der Waals surface area (Å²) in [5.41, 5.74) is 1.43. The summed E-state index contributed by atoms with van der Waals surface area (Å²) in [6, 6.07) is 9.18. The van der Waals surface area contributed by atoms with Crippen molar-refractivity contribution < 1.29 is 33.9 Å². The van der Waals surface area contributed by atoms with E-state index in [-0.39, 0.29) is 34.0 Å². The van der Waals surface area contributed by atoms with E-state index >= 15 is 0 Å². The quantitative estimate of drug-likeness (QED) is 0.117. The largest absolute Gasteiger partial charge is 0.507 e. The summed E-state index contributed by atoms with van der Waals surface area (Å²) in [7, 11) is 0. The molecule has 1 amide bonds. The standard InChI is InChI=1S/C27H23N3O8S/c1-4-37-26(34)24-14(3)28-27(39-24)29-21(15-5-8-18(9-6-15)30(35)36)20(23(32)25(29)33)22(31)16-7-10-19-17(12-16)11-13(2)38-19/h5-10,12-13,21,31H,4,11H2,1-3H3. The van der Waals surface area contributed by atoms with Crippen molar-refractivity contribution in [3.63, 3.8) is 0 Å². The Bertz CT molecular complexity index is 1560. The van der Waals surface area contributed by atoms with Crippen molar-refractivity contribution in [1.29, 1.82) is 0 Å². The zero-order valence-corrected chi connectivity index (χ0v) is 22.0. The predicted molar refractivity (Wildman–Crippen MR) is 141 cm³/mol. The van der Waals surface area contributed by atoms with E-state index in [4.69, 9.17) is 9.47 Å². The molecule has 0 aliphatic carbocycles. The van der Waals surface area contributed by atoms with Crippen LogP contribution in [0.3, 0.4) is 0 Å². The van der Waals surface area contributed by atoms with E-state index in [1.165, 1.54) is 24.3 Å². The first-order valence-corrected chi connectivity index (χ1v) is 12.9. The van der Waals surface area contributed by atoms with Crippen LogP contribution in [0.5, 0.6) is 5.75 Å². The maximum absolute atomic E-state index is 13.4. The molecular weight excluding hydrogens is 526 g/mol. The molecule has 12 heteroatoms. The molecule has 200 valence electrons. The Labute approximate surface area is 226 Å². The predicted octanol–water partition coefficient (Wildman–Crippen LogP) is 4.49. The van der Waals surface area contributed by atoms with Gasteiger partial charge in [-0.05, 0) is 62.2 Å². The van der Waals surface area contributed by atoms with Crippen LogP contribution >= 0.6 is 11.3 Å². The topological polar surface area (TPSA) is 149 Å². The van der Waals surface area contributed by atoms with E-state index in [1.807, 2.05) is 6.92 Å². The Morgan fingerprint density at radius 1 is 1.26 bits per heavy atom. The molecule has 0 bridgehead atoms. The van der Waals surface area contributed by atoms with Crippen LogP contribution in [0.15, 0.2) is 48.0 Å². The summed E-state index contributed by atoms with van der Waals surface area (Å²) >= 11 is 0.881. The summed E-state index contributed by atoms with van der Waals surface area (Å²) in [4.78, 5) is 55.6. The number of carbonyl (C=O) groups excluding carboxylic acids is 3. The first-order valence-electron chi connectivity index (χ1n) is 12.1. The molecule has 39 heavy (non-hydrogen) atoms. The van der Waals surface area contributed by atoms with Gasteiger partial charge in [0.05, 0.1) is 28.8 Å².